The summed E-state index contributed by atoms with van der Waals surface area (Å²) in [6, 6.07) is 0. The van der Waals surface area contributed by atoms with E-state index in [4.69, 9.17) is 21.8 Å². The van der Waals surface area contributed by atoms with Gasteiger partial charge in [0, 0.05) is 10.6 Å². The molecule has 66 valence electrons. The van der Waals surface area contributed by atoms with E-state index in [0.717, 1.165) is 0 Å². The highest BCUT2D eigenvalue weighted by Gasteiger charge is 2.33. The van der Waals surface area contributed by atoms with Gasteiger partial charge < -0.3 is 10.2 Å². The molecule has 0 amide bonds. The maximum atomic E-state index is 11.1. The number of ketones is 1. The monoisotopic (exact) mass is 188 g/mol. The fourth-order valence-electron chi connectivity index (χ4n) is 1.01. The largest absolute Gasteiger partial charge is 0.386 e. The quantitative estimate of drug-likeness (QED) is 0.625. The van der Waals surface area contributed by atoms with Crippen molar-refractivity contribution in [3.63, 3.8) is 0 Å². The van der Waals surface area contributed by atoms with Crippen LogP contribution in [0.2, 0.25) is 0 Å². The number of carbonyl (C=O) groups excluding carboxylic acids is 1. The minimum absolute atomic E-state index is 0.194. The molecule has 0 aliphatic heterocycles. The number of allylic oxidation sites excluding steroid dienone is 2. The van der Waals surface area contributed by atoms with Crippen molar-refractivity contribution in [3.05, 3.63) is 22.8 Å². The van der Waals surface area contributed by atoms with Crippen molar-refractivity contribution in [2.45, 2.75) is 19.1 Å². The van der Waals surface area contributed by atoms with Gasteiger partial charge in [0.15, 0.2) is 5.78 Å². The maximum absolute atomic E-state index is 11.1. The Labute approximate surface area is 75.0 Å². The van der Waals surface area contributed by atoms with Gasteiger partial charge in [0.2, 0.25) is 0 Å². The summed E-state index contributed by atoms with van der Waals surface area (Å²) >= 11 is 5.65. The molecule has 4 heteroatoms. The van der Waals surface area contributed by atoms with E-state index in [9.17, 15) is 4.79 Å². The van der Waals surface area contributed by atoms with E-state index in [-0.39, 0.29) is 10.6 Å². The van der Waals surface area contributed by atoms with Crippen LogP contribution < -0.4 is 0 Å². The molecule has 1 aliphatic carbocycles. The van der Waals surface area contributed by atoms with E-state index in [1.54, 1.807) is 6.92 Å². The third kappa shape index (κ3) is 1.43. The van der Waals surface area contributed by atoms with Gasteiger partial charge in [-0.05, 0) is 13.0 Å². The zero-order chi connectivity index (χ0) is 9.30. The van der Waals surface area contributed by atoms with Crippen LogP contribution in [0.4, 0.5) is 0 Å². The molecular weight excluding hydrogens is 180 g/mol. The van der Waals surface area contributed by atoms with Crippen LogP contribution in [0.1, 0.15) is 6.92 Å². The van der Waals surface area contributed by atoms with E-state index in [1.165, 1.54) is 12.2 Å². The molecule has 0 aromatic rings. The third-order valence-electron chi connectivity index (χ3n) is 1.71. The molecule has 0 saturated heterocycles. The van der Waals surface area contributed by atoms with Crippen molar-refractivity contribution < 1.29 is 15.0 Å². The predicted octanol–water partition coefficient (Wildman–Crippen LogP) is 0.360. The lowest BCUT2D eigenvalue weighted by atomic mass is 10.2. The highest BCUT2D eigenvalue weighted by molar-refractivity contribution is 6.36. The Bertz CT molecular complexity index is 267. The summed E-state index contributed by atoms with van der Waals surface area (Å²) in [5.74, 6) is -0.523. The lowest BCUT2D eigenvalue weighted by Crippen LogP contribution is -2.26. The Kier molecular flexibility index (Phi) is 2.67. The number of carbonyl (C=O) groups is 1. The fourth-order valence-corrected chi connectivity index (χ4v) is 1.17. The average Bonchev–Trinajstić information content (AvgIpc) is 2.32. The van der Waals surface area contributed by atoms with E-state index in [1.807, 2.05) is 0 Å². The molecule has 0 heterocycles. The number of hydrogen-bond acceptors (Lipinski definition) is 3. The Morgan fingerprint density at radius 3 is 2.58 bits per heavy atom. The van der Waals surface area contributed by atoms with Crippen LogP contribution in [0.25, 0.3) is 0 Å². The first-order valence-electron chi connectivity index (χ1n) is 3.52. The van der Waals surface area contributed by atoms with Gasteiger partial charge in [0.05, 0.1) is 0 Å². The predicted molar refractivity (Wildman–Crippen MR) is 44.7 cm³/mol. The van der Waals surface area contributed by atoms with Gasteiger partial charge in [-0.25, -0.2) is 0 Å². The minimum atomic E-state index is -1.35. The Morgan fingerprint density at radius 2 is 2.25 bits per heavy atom. The highest BCUT2D eigenvalue weighted by Crippen LogP contribution is 2.24. The van der Waals surface area contributed by atoms with Gasteiger partial charge >= 0.3 is 0 Å². The van der Waals surface area contributed by atoms with Crippen molar-refractivity contribution >= 4 is 17.4 Å². The lowest BCUT2D eigenvalue weighted by Gasteiger charge is -2.03. The van der Waals surface area contributed by atoms with Crippen LogP contribution in [-0.4, -0.2) is 28.2 Å². The summed E-state index contributed by atoms with van der Waals surface area (Å²) in [6.45, 7) is 1.67. The van der Waals surface area contributed by atoms with Crippen molar-refractivity contribution in [1.82, 2.24) is 0 Å². The molecule has 0 unspecified atom stereocenters. The topological polar surface area (TPSA) is 57.5 Å². The SMILES string of the molecule is C/C=C(\Cl)C1=C[C@@H](O)[C@H](O)C1=O. The van der Waals surface area contributed by atoms with Crippen LogP contribution in [-0.2, 0) is 4.79 Å². The van der Waals surface area contributed by atoms with Crippen LogP contribution in [0.15, 0.2) is 22.8 Å². The van der Waals surface area contributed by atoms with Gasteiger partial charge in [0.25, 0.3) is 0 Å². The molecular formula is C8H9ClO3. The van der Waals surface area contributed by atoms with Crippen LogP contribution in [0, 0.1) is 0 Å². The van der Waals surface area contributed by atoms with Gasteiger partial charge in [-0.3, -0.25) is 4.79 Å². The zero-order valence-corrected chi connectivity index (χ0v) is 7.25. The third-order valence-corrected chi connectivity index (χ3v) is 2.13. The zero-order valence-electron chi connectivity index (χ0n) is 6.49. The van der Waals surface area contributed by atoms with E-state index < -0.39 is 18.0 Å². The fraction of sp³-hybridized carbons (Fsp3) is 0.375. The molecule has 0 fully saturated rings. The molecule has 0 radical (unpaired) electrons. The summed E-state index contributed by atoms with van der Waals surface area (Å²) in [6.07, 6.45) is 0.320. The first-order chi connectivity index (χ1) is 5.57. The standard InChI is InChI=1S/C8H9ClO3/c1-2-5(9)4-3-6(10)8(12)7(4)11/h2-3,6,8,10,12H,1H3/b5-2-/t6-,8+/m1/s1. The molecule has 12 heavy (non-hydrogen) atoms. The Balaban J connectivity index is 2.95. The molecule has 3 nitrogen and oxygen atoms in total. The van der Waals surface area contributed by atoms with Crippen molar-refractivity contribution in [2.24, 2.45) is 0 Å². The maximum Gasteiger partial charge on any atom is 0.195 e. The first kappa shape index (κ1) is 9.45. The lowest BCUT2D eigenvalue weighted by molar-refractivity contribution is -0.125. The normalized spacial score (nSPS) is 30.8. The summed E-state index contributed by atoms with van der Waals surface area (Å²) < 4.78 is 0. The van der Waals surface area contributed by atoms with Crippen LogP contribution >= 0.6 is 11.6 Å². The van der Waals surface area contributed by atoms with E-state index in [2.05, 4.69) is 0 Å². The second-order valence-electron chi connectivity index (χ2n) is 2.52. The highest BCUT2D eigenvalue weighted by atomic mass is 35.5. The Morgan fingerprint density at radius 1 is 1.67 bits per heavy atom. The second-order valence-corrected chi connectivity index (χ2v) is 2.92. The molecule has 2 N–H and O–H groups in total. The van der Waals surface area contributed by atoms with Gasteiger partial charge in [-0.15, -0.1) is 0 Å². The average molecular weight is 189 g/mol. The number of rotatable bonds is 1. The molecule has 1 rings (SSSR count). The van der Waals surface area contributed by atoms with E-state index in [0.29, 0.717) is 0 Å². The number of halogens is 1. The van der Waals surface area contributed by atoms with Crippen LogP contribution in [0.3, 0.4) is 0 Å². The number of aliphatic hydroxyl groups excluding tert-OH is 2. The molecule has 0 aromatic heterocycles. The molecule has 0 bridgehead atoms. The van der Waals surface area contributed by atoms with E-state index >= 15 is 0 Å². The first-order valence-corrected chi connectivity index (χ1v) is 3.90. The number of hydrogen-bond donors (Lipinski definition) is 2. The smallest absolute Gasteiger partial charge is 0.195 e. The minimum Gasteiger partial charge on any atom is -0.386 e. The summed E-state index contributed by atoms with van der Waals surface area (Å²) in [4.78, 5) is 11.1. The molecule has 2 atom stereocenters. The van der Waals surface area contributed by atoms with Gasteiger partial charge in [-0.1, -0.05) is 17.7 Å². The number of aliphatic hydroxyl groups is 2. The molecule has 1 aliphatic rings. The van der Waals surface area contributed by atoms with Crippen molar-refractivity contribution in [2.75, 3.05) is 0 Å². The summed E-state index contributed by atoms with van der Waals surface area (Å²) in [7, 11) is 0. The van der Waals surface area contributed by atoms with Gasteiger partial charge in [-0.2, -0.15) is 0 Å². The van der Waals surface area contributed by atoms with Crippen LogP contribution in [0.5, 0.6) is 0 Å². The van der Waals surface area contributed by atoms with Gasteiger partial charge in [0.1, 0.15) is 12.2 Å². The Hall–Kier alpha value is -0.640. The molecule has 0 aromatic carbocycles. The van der Waals surface area contributed by atoms with Crippen molar-refractivity contribution in [3.8, 4) is 0 Å². The summed E-state index contributed by atoms with van der Waals surface area (Å²) in [5, 5.41) is 18.4. The number of Topliss-reactive ketones (excluding diaryl/α,β-unsaturated/α-hetero) is 1. The molecule has 0 saturated carbocycles. The second kappa shape index (κ2) is 3.39. The summed E-state index contributed by atoms with van der Waals surface area (Å²) in [5.41, 5.74) is 0.194. The molecule has 0 spiro atoms. The van der Waals surface area contributed by atoms with Crippen molar-refractivity contribution in [1.29, 1.82) is 0 Å².